The van der Waals surface area contributed by atoms with Crippen LogP contribution in [0.25, 0.3) is 0 Å². The Labute approximate surface area is 139 Å². The number of hydrogen-bond acceptors (Lipinski definition) is 1. The normalized spacial score (nSPS) is 18.4. The van der Waals surface area contributed by atoms with Crippen LogP contribution < -0.4 is 10.6 Å². The number of aliphatic imine (C=N–C) groups is 1. The maximum absolute atomic E-state index is 4.32. The van der Waals surface area contributed by atoms with E-state index in [1.807, 2.05) is 7.05 Å². The summed E-state index contributed by atoms with van der Waals surface area (Å²) in [5, 5.41) is 6.98. The maximum Gasteiger partial charge on any atom is 0.191 e. The lowest BCUT2D eigenvalue weighted by molar-refractivity contribution is 0.377. The summed E-state index contributed by atoms with van der Waals surface area (Å²) in [4.78, 5) is 4.32. The van der Waals surface area contributed by atoms with Gasteiger partial charge in [-0.05, 0) is 31.7 Å². The van der Waals surface area contributed by atoms with E-state index in [4.69, 9.17) is 0 Å². The van der Waals surface area contributed by atoms with E-state index in [2.05, 4.69) is 59.8 Å². The van der Waals surface area contributed by atoms with Crippen molar-refractivity contribution < 1.29 is 0 Å². The molecule has 2 unspecified atom stereocenters. The summed E-state index contributed by atoms with van der Waals surface area (Å²) in [7, 11) is 1.84. The molecule has 0 bridgehead atoms. The fourth-order valence-corrected chi connectivity index (χ4v) is 2.30. The predicted octanol–water partition coefficient (Wildman–Crippen LogP) is 3.51. The molecule has 1 aliphatic carbocycles. The molecule has 0 spiro atoms. The van der Waals surface area contributed by atoms with E-state index in [0.29, 0.717) is 18.0 Å². The largest absolute Gasteiger partial charge is 0.354 e. The van der Waals surface area contributed by atoms with Crippen molar-refractivity contribution in [2.24, 2.45) is 4.99 Å². The molecule has 2 rings (SSSR count). The van der Waals surface area contributed by atoms with Gasteiger partial charge < -0.3 is 10.6 Å². The van der Waals surface area contributed by atoms with Gasteiger partial charge in [-0.15, -0.1) is 24.0 Å². The van der Waals surface area contributed by atoms with E-state index < -0.39 is 0 Å². The van der Waals surface area contributed by atoms with Crippen LogP contribution in [0, 0.1) is 0 Å². The first-order valence-electron chi connectivity index (χ1n) is 7.25. The second-order valence-electron chi connectivity index (χ2n) is 5.48. The molecule has 0 amide bonds. The lowest BCUT2D eigenvalue weighted by atomic mass is 9.93. The number of nitrogens with one attached hydrogen (secondary N) is 2. The Morgan fingerprint density at radius 2 is 1.85 bits per heavy atom. The summed E-state index contributed by atoms with van der Waals surface area (Å²) in [6, 6.07) is 11.6. The van der Waals surface area contributed by atoms with Crippen LogP contribution in [-0.2, 0) is 0 Å². The van der Waals surface area contributed by atoms with Crippen LogP contribution in [0.4, 0.5) is 0 Å². The highest BCUT2D eigenvalue weighted by atomic mass is 127. The van der Waals surface area contributed by atoms with Gasteiger partial charge in [-0.2, -0.15) is 0 Å². The minimum Gasteiger partial charge on any atom is -0.354 e. The van der Waals surface area contributed by atoms with Crippen LogP contribution in [0.1, 0.15) is 44.6 Å². The van der Waals surface area contributed by atoms with Gasteiger partial charge in [0.1, 0.15) is 0 Å². The molecule has 3 nitrogen and oxygen atoms in total. The van der Waals surface area contributed by atoms with Crippen molar-refractivity contribution in [1.29, 1.82) is 0 Å². The van der Waals surface area contributed by atoms with Crippen molar-refractivity contribution in [2.75, 3.05) is 7.05 Å². The third-order valence-electron chi connectivity index (χ3n) is 4.11. The van der Waals surface area contributed by atoms with Crippen molar-refractivity contribution in [2.45, 2.75) is 51.1 Å². The highest BCUT2D eigenvalue weighted by Gasteiger charge is 2.20. The molecule has 4 heteroatoms. The van der Waals surface area contributed by atoms with Crippen LogP contribution in [-0.4, -0.2) is 25.1 Å². The molecule has 0 aromatic heterocycles. The van der Waals surface area contributed by atoms with Crippen molar-refractivity contribution in [3.05, 3.63) is 35.9 Å². The molecular formula is C16H26IN3. The Hall–Kier alpha value is -0.780. The van der Waals surface area contributed by atoms with Gasteiger partial charge in [-0.1, -0.05) is 37.3 Å². The zero-order chi connectivity index (χ0) is 13.7. The zero-order valence-electron chi connectivity index (χ0n) is 12.6. The first kappa shape index (κ1) is 17.3. The number of hydrogen-bond donors (Lipinski definition) is 2. The molecule has 112 valence electrons. The summed E-state index contributed by atoms with van der Waals surface area (Å²) in [5.41, 5.74) is 1.36. The second kappa shape index (κ2) is 8.49. The van der Waals surface area contributed by atoms with Crippen LogP contribution in [0.2, 0.25) is 0 Å². The van der Waals surface area contributed by atoms with Crippen LogP contribution in [0.3, 0.4) is 0 Å². The summed E-state index contributed by atoms with van der Waals surface area (Å²) in [6.45, 7) is 4.47. The van der Waals surface area contributed by atoms with E-state index in [1.165, 1.54) is 24.8 Å². The van der Waals surface area contributed by atoms with Gasteiger partial charge in [0.25, 0.3) is 0 Å². The van der Waals surface area contributed by atoms with E-state index in [9.17, 15) is 0 Å². The average molecular weight is 387 g/mol. The van der Waals surface area contributed by atoms with Crippen molar-refractivity contribution in [3.63, 3.8) is 0 Å². The SMILES string of the molecule is CN=C(NC1CCC1)NC(C)C(C)c1ccccc1.I. The van der Waals surface area contributed by atoms with E-state index >= 15 is 0 Å². The highest BCUT2D eigenvalue weighted by molar-refractivity contribution is 14.0. The number of benzene rings is 1. The van der Waals surface area contributed by atoms with E-state index in [-0.39, 0.29) is 24.0 Å². The van der Waals surface area contributed by atoms with Crippen molar-refractivity contribution >= 4 is 29.9 Å². The maximum atomic E-state index is 4.32. The van der Waals surface area contributed by atoms with Crippen molar-refractivity contribution in [1.82, 2.24) is 10.6 Å². The Morgan fingerprint density at radius 3 is 2.35 bits per heavy atom. The first-order valence-corrected chi connectivity index (χ1v) is 7.25. The summed E-state index contributed by atoms with van der Waals surface area (Å²) >= 11 is 0. The molecule has 0 aliphatic heterocycles. The molecule has 20 heavy (non-hydrogen) atoms. The molecule has 1 aromatic rings. The molecule has 0 radical (unpaired) electrons. The van der Waals surface area contributed by atoms with Crippen LogP contribution in [0.5, 0.6) is 0 Å². The summed E-state index contributed by atoms with van der Waals surface area (Å²) < 4.78 is 0. The van der Waals surface area contributed by atoms with Gasteiger partial charge >= 0.3 is 0 Å². The third kappa shape index (κ3) is 4.65. The molecule has 1 fully saturated rings. The van der Waals surface area contributed by atoms with Crippen molar-refractivity contribution in [3.8, 4) is 0 Å². The molecule has 1 saturated carbocycles. The van der Waals surface area contributed by atoms with Gasteiger partial charge in [0, 0.05) is 25.0 Å². The topological polar surface area (TPSA) is 36.4 Å². The van der Waals surface area contributed by atoms with Crippen LogP contribution in [0.15, 0.2) is 35.3 Å². The second-order valence-corrected chi connectivity index (χ2v) is 5.48. The average Bonchev–Trinajstić information content (AvgIpc) is 2.41. The van der Waals surface area contributed by atoms with E-state index in [1.54, 1.807) is 0 Å². The Morgan fingerprint density at radius 1 is 1.20 bits per heavy atom. The smallest absolute Gasteiger partial charge is 0.191 e. The third-order valence-corrected chi connectivity index (χ3v) is 4.11. The molecule has 1 aromatic carbocycles. The molecule has 0 saturated heterocycles. The quantitative estimate of drug-likeness (QED) is 0.471. The predicted molar refractivity (Wildman–Crippen MR) is 97.0 cm³/mol. The van der Waals surface area contributed by atoms with Gasteiger partial charge in [-0.25, -0.2) is 0 Å². The summed E-state index contributed by atoms with van der Waals surface area (Å²) in [5.74, 6) is 1.39. The van der Waals surface area contributed by atoms with Crippen LogP contribution >= 0.6 is 24.0 Å². The molecule has 0 heterocycles. The fraction of sp³-hybridized carbons (Fsp3) is 0.562. The Balaban J connectivity index is 0.00000200. The minimum absolute atomic E-state index is 0. The summed E-state index contributed by atoms with van der Waals surface area (Å²) in [6.07, 6.45) is 3.87. The first-order chi connectivity index (χ1) is 9.20. The lowest BCUT2D eigenvalue weighted by Crippen LogP contribution is -2.49. The number of nitrogens with zero attached hydrogens (tertiary/aromatic N) is 1. The van der Waals surface area contributed by atoms with Gasteiger partial charge in [0.2, 0.25) is 0 Å². The minimum atomic E-state index is 0. The highest BCUT2D eigenvalue weighted by Crippen LogP contribution is 2.20. The van der Waals surface area contributed by atoms with Gasteiger partial charge in [-0.3, -0.25) is 4.99 Å². The fourth-order valence-electron chi connectivity index (χ4n) is 2.30. The molecule has 1 aliphatic rings. The molecule has 2 atom stereocenters. The zero-order valence-corrected chi connectivity index (χ0v) is 14.9. The Kier molecular flexibility index (Phi) is 7.34. The monoisotopic (exact) mass is 387 g/mol. The number of halogens is 1. The Bertz CT molecular complexity index is 415. The number of guanidine groups is 1. The lowest BCUT2D eigenvalue weighted by Gasteiger charge is -2.30. The van der Waals surface area contributed by atoms with Gasteiger partial charge in [0.15, 0.2) is 5.96 Å². The van der Waals surface area contributed by atoms with Gasteiger partial charge in [0.05, 0.1) is 0 Å². The molecular weight excluding hydrogens is 361 g/mol. The molecule has 2 N–H and O–H groups in total. The van der Waals surface area contributed by atoms with E-state index in [0.717, 1.165) is 5.96 Å². The standard InChI is InChI=1S/C16H25N3.HI/c1-12(14-8-5-4-6-9-14)13(2)18-16(17-3)19-15-10-7-11-15;/h4-6,8-9,12-13,15H,7,10-11H2,1-3H3,(H2,17,18,19);1H. The number of rotatable bonds is 4.